The molecule has 0 aromatic heterocycles. The largest absolute Gasteiger partial charge is 0.391 e. The first-order valence-electron chi connectivity index (χ1n) is 29.4. The molecule has 0 aliphatic rings. The second-order valence-electron chi connectivity index (χ2n) is 21.0. The third-order valence-corrected chi connectivity index (χ3v) is 13.3. The molecular formula is C54H98N24O11. The molecule has 1 rings (SSSR count). The third-order valence-electron chi connectivity index (χ3n) is 13.3. The standard InChI is InChI=1S/C54H98N24O11/c1-30(70-44(83)34(71-32(3)80)19-11-25-66-51(58)59)43(82)72-37(20-12-26-67-52(60)61)48(87)77-40(29-33-15-5-4-6-16-33)50(89)76-38(21-13-27-68-53(62)63)47(86)74-35(17-7-9-23-55)45(84)73-36(18-8-10-24-56)46(85)75-39(22-14-28-69-54(64)65)49(88)78-41(31(2)79)42(57)81/h4-6,15-16,30-31,34-41,79H,7-14,17-29,55-56H2,1-3H3,(H2,57,81)(H,70,83)(H,71,80)(H,72,82)(H,73,84)(H,74,86)(H,75,85)(H,76,89)(H,77,87)(H,78,88)(H4,58,59,66)(H4,60,61,67)(H4,62,63,68)(H4,64,65,69)/t30-,31+,34-,35-,36-,37-,38-,39-,40-,41-/m0/s1. The van der Waals surface area contributed by atoms with Crippen LogP contribution in [0.15, 0.2) is 50.3 Å². The predicted molar refractivity (Wildman–Crippen MR) is 335 cm³/mol. The van der Waals surface area contributed by atoms with Crippen LogP contribution in [0.1, 0.15) is 116 Å². The van der Waals surface area contributed by atoms with Gasteiger partial charge in [-0.05, 0) is 122 Å². The van der Waals surface area contributed by atoms with Gasteiger partial charge in [0, 0.05) is 39.5 Å². The van der Waals surface area contributed by atoms with E-state index in [1.165, 1.54) is 20.8 Å². The number of carbonyl (C=O) groups is 10. The normalized spacial score (nSPS) is 14.2. The quantitative estimate of drug-likeness (QED) is 0.0164. The van der Waals surface area contributed by atoms with E-state index < -0.39 is 120 Å². The Kier molecular flexibility index (Phi) is 38.1. The summed E-state index contributed by atoms with van der Waals surface area (Å²) >= 11 is 0. The lowest BCUT2D eigenvalue weighted by atomic mass is 10.0. The van der Waals surface area contributed by atoms with Crippen LogP contribution in [-0.2, 0) is 54.4 Å². The van der Waals surface area contributed by atoms with Crippen LogP contribution in [0, 0.1) is 0 Å². The maximum atomic E-state index is 14.7. The summed E-state index contributed by atoms with van der Waals surface area (Å²) in [6.45, 7) is 4.45. The average Bonchev–Trinajstić information content (AvgIpc) is 2.77. The molecule has 0 fully saturated rings. The van der Waals surface area contributed by atoms with E-state index in [1.54, 1.807) is 30.3 Å². The van der Waals surface area contributed by atoms with E-state index in [2.05, 4.69) is 67.8 Å². The molecule has 35 heteroatoms. The first kappa shape index (κ1) is 77.9. The number of hydrogen-bond donors (Lipinski definition) is 21. The van der Waals surface area contributed by atoms with Crippen molar-refractivity contribution in [2.45, 2.75) is 178 Å². The maximum Gasteiger partial charge on any atom is 0.243 e. The number of hydrogen-bond acceptors (Lipinski definition) is 17. The number of guanidine groups is 4. The van der Waals surface area contributed by atoms with Crippen molar-refractivity contribution in [3.63, 3.8) is 0 Å². The summed E-state index contributed by atoms with van der Waals surface area (Å²) in [7, 11) is 0. The zero-order valence-corrected chi connectivity index (χ0v) is 51.2. The molecule has 1 aromatic rings. The minimum Gasteiger partial charge on any atom is -0.391 e. The van der Waals surface area contributed by atoms with E-state index in [4.69, 9.17) is 63.1 Å². The van der Waals surface area contributed by atoms with Crippen molar-refractivity contribution in [1.82, 2.24) is 47.9 Å². The summed E-state index contributed by atoms with van der Waals surface area (Å²) in [4.78, 5) is 153. The SMILES string of the molecule is CC(=O)N[C@@H](CCCN=C(N)N)C(=O)N[C@@H](C)C(=O)N[C@@H](CCCN=C(N)N)C(=O)N[C@@H](Cc1ccccc1)C(=O)N[C@@H](CCCN=C(N)N)C(=O)N[C@@H](CCCCN)C(=O)N[C@@H](CCCCN)C(=O)N[C@@H](CCCN=C(N)N)C(=O)N[C@H](C(N)=O)[C@@H](C)O. The minimum atomic E-state index is -1.53. The molecule has 0 bridgehead atoms. The van der Waals surface area contributed by atoms with Crippen molar-refractivity contribution in [3.05, 3.63) is 35.9 Å². The molecule has 0 saturated carbocycles. The number of unbranched alkanes of at least 4 members (excludes halogenated alkanes) is 2. The highest BCUT2D eigenvalue weighted by atomic mass is 16.3. The van der Waals surface area contributed by atoms with Crippen LogP contribution < -0.4 is 111 Å². The van der Waals surface area contributed by atoms with E-state index in [-0.39, 0.29) is 134 Å². The summed E-state index contributed by atoms with van der Waals surface area (Å²) in [5.41, 5.74) is 61.6. The highest BCUT2D eigenvalue weighted by molar-refractivity contribution is 5.98. The highest BCUT2D eigenvalue weighted by Gasteiger charge is 2.35. The van der Waals surface area contributed by atoms with Crippen LogP contribution in [-0.4, -0.2) is 188 Å². The summed E-state index contributed by atoms with van der Waals surface area (Å²) in [6.07, 6.45) is 0.289. The lowest BCUT2D eigenvalue weighted by Gasteiger charge is -2.28. The molecule has 10 atom stereocenters. The molecule has 32 N–H and O–H groups in total. The number of nitrogens with two attached hydrogens (primary N) is 11. The second kappa shape index (κ2) is 43.5. The summed E-state index contributed by atoms with van der Waals surface area (Å²) in [5.74, 6) is -9.19. The fraction of sp³-hybridized carbons (Fsp3) is 0.630. The Morgan fingerprint density at radius 2 is 0.685 bits per heavy atom. The average molecular weight is 1260 g/mol. The maximum absolute atomic E-state index is 14.7. The monoisotopic (exact) mass is 1260 g/mol. The number of aliphatic imine (C=N–C) groups is 4. The highest BCUT2D eigenvalue weighted by Crippen LogP contribution is 2.12. The van der Waals surface area contributed by atoms with E-state index in [0.29, 0.717) is 31.2 Å². The topological polar surface area (TPSA) is 635 Å². The van der Waals surface area contributed by atoms with Gasteiger partial charge in [-0.15, -0.1) is 0 Å². The van der Waals surface area contributed by atoms with Crippen molar-refractivity contribution in [2.24, 2.45) is 83.0 Å². The number of aliphatic hydroxyl groups excluding tert-OH is 1. The fourth-order valence-corrected chi connectivity index (χ4v) is 8.64. The molecule has 0 aliphatic heterocycles. The minimum absolute atomic E-state index is 0.00341. The molecule has 10 amide bonds. The van der Waals surface area contributed by atoms with Crippen LogP contribution in [0.3, 0.4) is 0 Å². The molecule has 0 saturated heterocycles. The van der Waals surface area contributed by atoms with Crippen molar-refractivity contribution in [2.75, 3.05) is 39.3 Å². The van der Waals surface area contributed by atoms with Crippen LogP contribution in [0.2, 0.25) is 0 Å². The molecule has 0 aliphatic carbocycles. The predicted octanol–water partition coefficient (Wildman–Crippen LogP) is -8.03. The van der Waals surface area contributed by atoms with E-state index in [9.17, 15) is 53.1 Å². The second-order valence-corrected chi connectivity index (χ2v) is 21.0. The zero-order valence-electron chi connectivity index (χ0n) is 51.2. The van der Waals surface area contributed by atoms with Gasteiger partial charge in [0.15, 0.2) is 23.8 Å². The number of rotatable bonds is 45. The van der Waals surface area contributed by atoms with E-state index in [1.807, 2.05) is 0 Å². The van der Waals surface area contributed by atoms with Crippen LogP contribution >= 0.6 is 0 Å². The van der Waals surface area contributed by atoms with E-state index in [0.717, 1.165) is 0 Å². The fourth-order valence-electron chi connectivity index (χ4n) is 8.64. The van der Waals surface area contributed by atoms with Crippen molar-refractivity contribution in [3.8, 4) is 0 Å². The number of amides is 10. The molecular weight excluding hydrogens is 1160 g/mol. The van der Waals surface area contributed by atoms with Crippen LogP contribution in [0.5, 0.6) is 0 Å². The van der Waals surface area contributed by atoms with Gasteiger partial charge in [-0.1, -0.05) is 30.3 Å². The van der Waals surface area contributed by atoms with E-state index >= 15 is 0 Å². The number of nitrogens with one attached hydrogen (secondary N) is 9. The van der Waals surface area contributed by atoms with Crippen molar-refractivity contribution < 1.29 is 53.1 Å². The van der Waals surface area contributed by atoms with Crippen LogP contribution in [0.4, 0.5) is 0 Å². The van der Waals surface area contributed by atoms with Gasteiger partial charge in [0.05, 0.1) is 6.10 Å². The van der Waals surface area contributed by atoms with Gasteiger partial charge in [0.25, 0.3) is 0 Å². The lowest BCUT2D eigenvalue weighted by molar-refractivity contribution is -0.136. The molecule has 35 nitrogen and oxygen atoms in total. The summed E-state index contributed by atoms with van der Waals surface area (Å²) < 4.78 is 0. The summed E-state index contributed by atoms with van der Waals surface area (Å²) in [6, 6.07) is -3.77. The Balaban J connectivity index is 3.77. The van der Waals surface area contributed by atoms with Gasteiger partial charge in [0.2, 0.25) is 59.1 Å². The Morgan fingerprint density at radius 3 is 1.00 bits per heavy atom. The van der Waals surface area contributed by atoms with Gasteiger partial charge in [-0.3, -0.25) is 67.9 Å². The molecule has 0 spiro atoms. The lowest BCUT2D eigenvalue weighted by Crippen LogP contribution is -2.61. The number of carbonyl (C=O) groups excluding carboxylic acids is 10. The van der Waals surface area contributed by atoms with Gasteiger partial charge < -0.3 is 116 Å². The molecule has 89 heavy (non-hydrogen) atoms. The Bertz CT molecular complexity index is 2540. The summed E-state index contributed by atoms with van der Waals surface area (Å²) in [5, 5.41) is 33.7. The molecule has 0 heterocycles. The molecule has 0 unspecified atom stereocenters. The van der Waals surface area contributed by atoms with Crippen molar-refractivity contribution in [1.29, 1.82) is 0 Å². The number of nitrogens with zero attached hydrogens (tertiary/aromatic N) is 4. The molecule has 500 valence electrons. The van der Waals surface area contributed by atoms with Gasteiger partial charge in [-0.2, -0.15) is 0 Å². The first-order chi connectivity index (χ1) is 42.1. The van der Waals surface area contributed by atoms with Crippen molar-refractivity contribution >= 4 is 82.9 Å². The zero-order chi connectivity index (χ0) is 67.0. The van der Waals surface area contributed by atoms with Gasteiger partial charge >= 0.3 is 0 Å². The third kappa shape index (κ3) is 34.1. The molecule has 1 aromatic carbocycles. The van der Waals surface area contributed by atoms with Gasteiger partial charge in [-0.25, -0.2) is 0 Å². The number of aliphatic hydroxyl groups is 1. The van der Waals surface area contributed by atoms with Gasteiger partial charge in [0.1, 0.15) is 54.4 Å². The van der Waals surface area contributed by atoms with Crippen LogP contribution in [0.25, 0.3) is 0 Å². The smallest absolute Gasteiger partial charge is 0.243 e. The first-order valence-corrected chi connectivity index (χ1v) is 29.4. The Morgan fingerprint density at radius 1 is 0.393 bits per heavy atom. The molecule has 0 radical (unpaired) electrons. The Labute approximate surface area is 518 Å². The number of primary amides is 1. The Hall–Kier alpha value is -9.12. The number of benzene rings is 1.